The average molecular weight is 250 g/mol. The molecule has 0 aromatic heterocycles. The predicted octanol–water partition coefficient (Wildman–Crippen LogP) is 3.62. The van der Waals surface area contributed by atoms with E-state index in [9.17, 15) is 9.18 Å². The van der Waals surface area contributed by atoms with Crippen LogP contribution in [0.3, 0.4) is 0 Å². The van der Waals surface area contributed by atoms with Crippen LogP contribution in [0.25, 0.3) is 0 Å². The molecule has 1 heterocycles. The number of hydrogen-bond acceptors (Lipinski definition) is 1. The van der Waals surface area contributed by atoms with Gasteiger partial charge in [-0.25, -0.2) is 9.18 Å². The number of piperidine rings is 1. The summed E-state index contributed by atoms with van der Waals surface area (Å²) in [6.07, 6.45) is 3.25. The Kier molecular flexibility index (Phi) is 3.84. The molecule has 4 heteroatoms. The number of anilines is 1. The summed E-state index contributed by atoms with van der Waals surface area (Å²) in [6, 6.07) is 6.26. The molecule has 0 bridgehead atoms. The number of carbonyl (C=O) groups is 1. The van der Waals surface area contributed by atoms with Crippen molar-refractivity contribution in [1.29, 1.82) is 0 Å². The van der Waals surface area contributed by atoms with Crippen molar-refractivity contribution in [2.24, 2.45) is 0 Å². The topological polar surface area (TPSA) is 32.3 Å². The highest BCUT2D eigenvalue weighted by Gasteiger charge is 2.28. The van der Waals surface area contributed by atoms with Gasteiger partial charge in [0.05, 0.1) is 0 Å². The summed E-state index contributed by atoms with van der Waals surface area (Å²) in [5.41, 5.74) is 0.631. The van der Waals surface area contributed by atoms with Crippen LogP contribution in [0, 0.1) is 5.82 Å². The molecule has 0 radical (unpaired) electrons. The Morgan fingerprint density at radius 2 is 1.78 bits per heavy atom. The highest BCUT2D eigenvalue weighted by Crippen LogP contribution is 2.23. The third-order valence-corrected chi connectivity index (χ3v) is 3.52. The summed E-state index contributed by atoms with van der Waals surface area (Å²) in [4.78, 5) is 14.1. The van der Waals surface area contributed by atoms with Crippen LogP contribution in [0.2, 0.25) is 0 Å². The number of halogens is 1. The number of likely N-dealkylation sites (tertiary alicyclic amines) is 1. The minimum Gasteiger partial charge on any atom is -0.319 e. The number of amides is 2. The molecular formula is C14H19FN2O. The van der Waals surface area contributed by atoms with Gasteiger partial charge in [0, 0.05) is 17.8 Å². The minimum atomic E-state index is -0.298. The minimum absolute atomic E-state index is 0.0960. The first-order valence-corrected chi connectivity index (χ1v) is 6.43. The van der Waals surface area contributed by atoms with Gasteiger partial charge in [-0.2, -0.15) is 0 Å². The van der Waals surface area contributed by atoms with E-state index in [4.69, 9.17) is 0 Å². The third-order valence-electron chi connectivity index (χ3n) is 3.52. The molecule has 1 aromatic rings. The molecule has 2 rings (SSSR count). The van der Waals surface area contributed by atoms with Crippen molar-refractivity contribution in [3.63, 3.8) is 0 Å². The van der Waals surface area contributed by atoms with Gasteiger partial charge < -0.3 is 10.2 Å². The number of hydrogen-bond donors (Lipinski definition) is 1. The number of rotatable bonds is 1. The Hall–Kier alpha value is -1.58. The summed E-state index contributed by atoms with van der Waals surface area (Å²) in [5.74, 6) is -0.298. The highest BCUT2D eigenvalue weighted by atomic mass is 19.1. The highest BCUT2D eigenvalue weighted by molar-refractivity contribution is 5.89. The summed E-state index contributed by atoms with van der Waals surface area (Å²) >= 11 is 0. The number of nitrogens with zero attached hydrogens (tertiary/aromatic N) is 1. The Morgan fingerprint density at radius 3 is 2.33 bits per heavy atom. The summed E-state index contributed by atoms with van der Waals surface area (Å²) in [6.45, 7) is 4.14. The third kappa shape index (κ3) is 2.81. The molecule has 0 aliphatic carbocycles. The smallest absolute Gasteiger partial charge is 0.319 e. The van der Waals surface area contributed by atoms with Gasteiger partial charge in [0.25, 0.3) is 0 Å². The zero-order valence-corrected chi connectivity index (χ0v) is 10.8. The molecule has 1 aromatic carbocycles. The molecule has 18 heavy (non-hydrogen) atoms. The molecule has 1 aliphatic heterocycles. The van der Waals surface area contributed by atoms with E-state index in [1.807, 2.05) is 4.90 Å². The van der Waals surface area contributed by atoms with Crippen molar-refractivity contribution in [1.82, 2.24) is 4.90 Å². The summed E-state index contributed by atoms with van der Waals surface area (Å²) in [7, 11) is 0. The summed E-state index contributed by atoms with van der Waals surface area (Å²) < 4.78 is 12.8. The second kappa shape index (κ2) is 5.38. The predicted molar refractivity (Wildman–Crippen MR) is 70.0 cm³/mol. The molecule has 1 fully saturated rings. The maximum Gasteiger partial charge on any atom is 0.322 e. The van der Waals surface area contributed by atoms with Crippen molar-refractivity contribution in [2.45, 2.75) is 45.2 Å². The molecule has 1 aliphatic rings. The molecule has 0 saturated carbocycles. The maximum atomic E-state index is 12.8. The fraction of sp³-hybridized carbons (Fsp3) is 0.500. The van der Waals surface area contributed by atoms with Crippen molar-refractivity contribution in [3.05, 3.63) is 30.1 Å². The Bertz CT molecular complexity index is 408. The SMILES string of the molecule is C[C@H]1CCC[C@H](C)N1C(=O)Nc1ccc(F)cc1. The van der Waals surface area contributed by atoms with Crippen molar-refractivity contribution in [3.8, 4) is 0 Å². The van der Waals surface area contributed by atoms with Crippen molar-refractivity contribution in [2.75, 3.05) is 5.32 Å². The lowest BCUT2D eigenvalue weighted by Crippen LogP contribution is -2.49. The average Bonchev–Trinajstić information content (AvgIpc) is 2.32. The quantitative estimate of drug-likeness (QED) is 0.811. The normalized spacial score (nSPS) is 23.8. The number of benzene rings is 1. The van der Waals surface area contributed by atoms with E-state index >= 15 is 0 Å². The largest absolute Gasteiger partial charge is 0.322 e. The van der Waals surface area contributed by atoms with E-state index in [0.717, 1.165) is 12.8 Å². The Balaban J connectivity index is 2.04. The van der Waals surface area contributed by atoms with E-state index in [1.54, 1.807) is 12.1 Å². The van der Waals surface area contributed by atoms with E-state index < -0.39 is 0 Å². The van der Waals surface area contributed by atoms with Gasteiger partial charge in [-0.05, 0) is 57.4 Å². The molecule has 0 unspecified atom stereocenters. The molecule has 1 saturated heterocycles. The zero-order valence-electron chi connectivity index (χ0n) is 10.8. The van der Waals surface area contributed by atoms with Gasteiger partial charge in [-0.3, -0.25) is 0 Å². The zero-order chi connectivity index (χ0) is 13.1. The molecular weight excluding hydrogens is 231 g/mol. The van der Waals surface area contributed by atoms with Crippen LogP contribution in [0.5, 0.6) is 0 Å². The fourth-order valence-corrected chi connectivity index (χ4v) is 2.54. The van der Waals surface area contributed by atoms with Crippen LogP contribution in [-0.2, 0) is 0 Å². The first kappa shape index (κ1) is 12.9. The first-order valence-electron chi connectivity index (χ1n) is 6.43. The van der Waals surface area contributed by atoms with E-state index in [0.29, 0.717) is 5.69 Å². The Morgan fingerprint density at radius 1 is 1.22 bits per heavy atom. The molecule has 2 atom stereocenters. The van der Waals surface area contributed by atoms with Gasteiger partial charge >= 0.3 is 6.03 Å². The lowest BCUT2D eigenvalue weighted by Gasteiger charge is -2.38. The molecule has 1 N–H and O–H groups in total. The monoisotopic (exact) mass is 250 g/mol. The van der Waals surface area contributed by atoms with Crippen LogP contribution in [0.15, 0.2) is 24.3 Å². The van der Waals surface area contributed by atoms with Crippen LogP contribution in [0.4, 0.5) is 14.9 Å². The number of urea groups is 1. The van der Waals surface area contributed by atoms with Crippen molar-refractivity contribution < 1.29 is 9.18 Å². The lowest BCUT2D eigenvalue weighted by molar-refractivity contribution is 0.133. The number of nitrogens with one attached hydrogen (secondary N) is 1. The lowest BCUT2D eigenvalue weighted by atomic mass is 9.98. The van der Waals surface area contributed by atoms with Crippen LogP contribution in [0.1, 0.15) is 33.1 Å². The van der Waals surface area contributed by atoms with Crippen LogP contribution in [-0.4, -0.2) is 23.0 Å². The van der Waals surface area contributed by atoms with Gasteiger partial charge in [0.1, 0.15) is 5.82 Å². The van der Waals surface area contributed by atoms with Crippen molar-refractivity contribution >= 4 is 11.7 Å². The fourth-order valence-electron chi connectivity index (χ4n) is 2.54. The molecule has 3 nitrogen and oxygen atoms in total. The second-order valence-electron chi connectivity index (χ2n) is 4.97. The number of carbonyl (C=O) groups excluding carboxylic acids is 1. The molecule has 0 spiro atoms. The first-order chi connectivity index (χ1) is 8.58. The molecule has 98 valence electrons. The summed E-state index contributed by atoms with van der Waals surface area (Å²) in [5, 5.41) is 2.82. The van der Waals surface area contributed by atoms with Crippen LogP contribution >= 0.6 is 0 Å². The van der Waals surface area contributed by atoms with E-state index in [1.165, 1.54) is 18.6 Å². The van der Waals surface area contributed by atoms with Gasteiger partial charge in [-0.15, -0.1) is 0 Å². The Labute approximate surface area is 107 Å². The van der Waals surface area contributed by atoms with Crippen LogP contribution < -0.4 is 5.32 Å². The van der Waals surface area contributed by atoms with E-state index in [-0.39, 0.29) is 23.9 Å². The van der Waals surface area contributed by atoms with Gasteiger partial charge in [0.15, 0.2) is 0 Å². The van der Waals surface area contributed by atoms with Gasteiger partial charge in [-0.1, -0.05) is 0 Å². The van der Waals surface area contributed by atoms with Gasteiger partial charge in [0.2, 0.25) is 0 Å². The molecule has 2 amide bonds. The van der Waals surface area contributed by atoms with E-state index in [2.05, 4.69) is 19.2 Å². The second-order valence-corrected chi connectivity index (χ2v) is 4.97. The maximum absolute atomic E-state index is 12.8. The standard InChI is InChI=1S/C14H19FN2O/c1-10-4-3-5-11(2)17(10)14(18)16-13-8-6-12(15)7-9-13/h6-11H,3-5H2,1-2H3,(H,16,18)/t10-,11-/m0/s1.